The molecule has 0 atom stereocenters. The van der Waals surface area contributed by atoms with Crippen LogP contribution in [-0.4, -0.2) is 16.1 Å². The minimum atomic E-state index is -0.962. The monoisotopic (exact) mass is 305 g/mol. The van der Waals surface area contributed by atoms with Crippen molar-refractivity contribution in [1.82, 2.24) is 4.98 Å². The van der Waals surface area contributed by atoms with Crippen LogP contribution >= 0.6 is 0 Å². The highest BCUT2D eigenvalue weighted by atomic mass is 16.5. The van der Waals surface area contributed by atoms with Gasteiger partial charge in [-0.15, -0.1) is 0 Å². The number of carboxylic acid groups (broad SMARTS) is 1. The quantitative estimate of drug-likeness (QED) is 0.773. The molecule has 0 saturated heterocycles. The molecule has 0 bridgehead atoms. The predicted octanol–water partition coefficient (Wildman–Crippen LogP) is 4.03. The summed E-state index contributed by atoms with van der Waals surface area (Å²) in [7, 11) is 0. The Morgan fingerprint density at radius 3 is 2.43 bits per heavy atom. The van der Waals surface area contributed by atoms with Crippen molar-refractivity contribution in [2.75, 3.05) is 0 Å². The van der Waals surface area contributed by atoms with Gasteiger partial charge < -0.3 is 9.84 Å². The molecule has 0 saturated carbocycles. The molecule has 1 heterocycles. The van der Waals surface area contributed by atoms with Crippen LogP contribution in [0.1, 0.15) is 15.9 Å². The molecule has 23 heavy (non-hydrogen) atoms. The Labute approximate surface area is 134 Å². The second kappa shape index (κ2) is 6.75. The van der Waals surface area contributed by atoms with Crippen LogP contribution in [0, 0.1) is 0 Å². The van der Waals surface area contributed by atoms with E-state index < -0.39 is 5.97 Å². The molecule has 114 valence electrons. The molecule has 0 amide bonds. The number of aromatic nitrogens is 1. The summed E-state index contributed by atoms with van der Waals surface area (Å²) in [6, 6.07) is 20.4. The standard InChI is InChI=1S/C19H15NO3/c21-19(22)16-10-11-20-18(12-16)15-6-8-17(9-7-15)23-13-14-4-2-1-3-5-14/h1-12H,13H2,(H,21,22). The van der Waals surface area contributed by atoms with Crippen LogP contribution in [-0.2, 0) is 6.61 Å². The molecule has 0 unspecified atom stereocenters. The lowest BCUT2D eigenvalue weighted by molar-refractivity contribution is 0.0697. The first-order valence-corrected chi connectivity index (χ1v) is 7.19. The zero-order valence-electron chi connectivity index (χ0n) is 12.3. The van der Waals surface area contributed by atoms with Crippen LogP contribution in [0.15, 0.2) is 72.9 Å². The molecule has 2 aromatic carbocycles. The number of benzene rings is 2. The van der Waals surface area contributed by atoms with E-state index >= 15 is 0 Å². The van der Waals surface area contributed by atoms with Gasteiger partial charge in [0.25, 0.3) is 0 Å². The van der Waals surface area contributed by atoms with Crippen LogP contribution < -0.4 is 4.74 Å². The average Bonchev–Trinajstić information content (AvgIpc) is 2.61. The normalized spacial score (nSPS) is 10.3. The molecule has 1 aromatic heterocycles. The zero-order chi connectivity index (χ0) is 16.1. The predicted molar refractivity (Wildman–Crippen MR) is 87.4 cm³/mol. The van der Waals surface area contributed by atoms with Crippen LogP contribution in [0.2, 0.25) is 0 Å². The first-order valence-electron chi connectivity index (χ1n) is 7.19. The summed E-state index contributed by atoms with van der Waals surface area (Å²) in [6.45, 7) is 0.507. The van der Waals surface area contributed by atoms with Crippen molar-refractivity contribution < 1.29 is 14.6 Å². The van der Waals surface area contributed by atoms with Gasteiger partial charge in [0.1, 0.15) is 12.4 Å². The number of nitrogens with zero attached hydrogens (tertiary/aromatic N) is 1. The van der Waals surface area contributed by atoms with Crippen LogP contribution in [0.5, 0.6) is 5.75 Å². The topological polar surface area (TPSA) is 59.4 Å². The van der Waals surface area contributed by atoms with E-state index in [9.17, 15) is 4.79 Å². The summed E-state index contributed by atoms with van der Waals surface area (Å²) in [5, 5.41) is 9.03. The fourth-order valence-electron chi connectivity index (χ4n) is 2.18. The van der Waals surface area contributed by atoms with Gasteiger partial charge in [-0.1, -0.05) is 30.3 Å². The molecule has 4 heteroatoms. The van der Waals surface area contributed by atoms with Gasteiger partial charge in [-0.05, 0) is 42.0 Å². The fourth-order valence-corrected chi connectivity index (χ4v) is 2.18. The summed E-state index contributed by atoms with van der Waals surface area (Å²) in [6.07, 6.45) is 1.50. The lowest BCUT2D eigenvalue weighted by Gasteiger charge is -2.07. The van der Waals surface area contributed by atoms with Gasteiger partial charge in [0.2, 0.25) is 0 Å². The maximum atomic E-state index is 11.0. The highest BCUT2D eigenvalue weighted by Crippen LogP contribution is 2.22. The molecule has 4 nitrogen and oxygen atoms in total. The SMILES string of the molecule is O=C(O)c1ccnc(-c2ccc(OCc3ccccc3)cc2)c1. The third-order valence-electron chi connectivity index (χ3n) is 3.41. The lowest BCUT2D eigenvalue weighted by Crippen LogP contribution is -1.97. The third kappa shape index (κ3) is 3.74. The first-order chi connectivity index (χ1) is 11.2. The maximum absolute atomic E-state index is 11.0. The van der Waals surface area contributed by atoms with Gasteiger partial charge in [0, 0.05) is 11.8 Å². The van der Waals surface area contributed by atoms with Crippen molar-refractivity contribution in [3.63, 3.8) is 0 Å². The second-order valence-electron chi connectivity index (χ2n) is 5.03. The number of hydrogen-bond donors (Lipinski definition) is 1. The largest absolute Gasteiger partial charge is 0.489 e. The number of aromatic carboxylic acids is 1. The molecule has 0 radical (unpaired) electrons. The Hall–Kier alpha value is -3.14. The van der Waals surface area contributed by atoms with E-state index in [2.05, 4.69) is 4.98 Å². The minimum absolute atomic E-state index is 0.222. The second-order valence-corrected chi connectivity index (χ2v) is 5.03. The van der Waals surface area contributed by atoms with E-state index in [0.29, 0.717) is 12.3 Å². The van der Waals surface area contributed by atoms with Crippen molar-refractivity contribution in [2.45, 2.75) is 6.61 Å². The van der Waals surface area contributed by atoms with Gasteiger partial charge in [0.05, 0.1) is 11.3 Å². The summed E-state index contributed by atoms with van der Waals surface area (Å²) in [4.78, 5) is 15.2. The summed E-state index contributed by atoms with van der Waals surface area (Å²) >= 11 is 0. The van der Waals surface area contributed by atoms with Crippen molar-refractivity contribution in [3.05, 3.63) is 84.1 Å². The molecule has 0 spiro atoms. The van der Waals surface area contributed by atoms with Crippen molar-refractivity contribution in [3.8, 4) is 17.0 Å². The Bertz CT molecular complexity index is 798. The smallest absolute Gasteiger partial charge is 0.335 e. The highest BCUT2D eigenvalue weighted by molar-refractivity contribution is 5.88. The molecule has 3 aromatic rings. The minimum Gasteiger partial charge on any atom is -0.489 e. The number of hydrogen-bond acceptors (Lipinski definition) is 3. The number of ether oxygens (including phenoxy) is 1. The maximum Gasteiger partial charge on any atom is 0.335 e. The number of carboxylic acids is 1. The number of carbonyl (C=O) groups is 1. The first kappa shape index (κ1) is 14.8. The Morgan fingerprint density at radius 2 is 1.74 bits per heavy atom. The third-order valence-corrected chi connectivity index (χ3v) is 3.41. The lowest BCUT2D eigenvalue weighted by atomic mass is 10.1. The Balaban J connectivity index is 1.72. The molecule has 0 aliphatic carbocycles. The summed E-state index contributed by atoms with van der Waals surface area (Å²) in [5.41, 5.74) is 2.80. The van der Waals surface area contributed by atoms with Gasteiger partial charge in [0.15, 0.2) is 0 Å². The number of rotatable bonds is 5. The zero-order valence-corrected chi connectivity index (χ0v) is 12.3. The van der Waals surface area contributed by atoms with Crippen molar-refractivity contribution >= 4 is 5.97 Å². The average molecular weight is 305 g/mol. The van der Waals surface area contributed by atoms with Gasteiger partial charge in [-0.2, -0.15) is 0 Å². The van der Waals surface area contributed by atoms with Crippen LogP contribution in [0.3, 0.4) is 0 Å². The molecule has 1 N–H and O–H groups in total. The van der Waals surface area contributed by atoms with E-state index in [1.54, 1.807) is 6.07 Å². The molecular formula is C19H15NO3. The molecule has 0 fully saturated rings. The molecule has 3 rings (SSSR count). The van der Waals surface area contributed by atoms with E-state index in [1.165, 1.54) is 12.3 Å². The molecular weight excluding hydrogens is 290 g/mol. The van der Waals surface area contributed by atoms with Crippen LogP contribution in [0.4, 0.5) is 0 Å². The van der Waals surface area contributed by atoms with Gasteiger partial charge in [-0.3, -0.25) is 4.98 Å². The van der Waals surface area contributed by atoms with Gasteiger partial charge >= 0.3 is 5.97 Å². The van der Waals surface area contributed by atoms with E-state index in [0.717, 1.165) is 16.9 Å². The molecule has 0 aliphatic heterocycles. The Morgan fingerprint density at radius 1 is 1.00 bits per heavy atom. The van der Waals surface area contributed by atoms with E-state index in [1.807, 2.05) is 54.6 Å². The summed E-state index contributed by atoms with van der Waals surface area (Å²) < 4.78 is 5.73. The summed E-state index contributed by atoms with van der Waals surface area (Å²) in [5.74, 6) is -0.205. The van der Waals surface area contributed by atoms with E-state index in [4.69, 9.17) is 9.84 Å². The fraction of sp³-hybridized carbons (Fsp3) is 0.0526. The van der Waals surface area contributed by atoms with E-state index in [-0.39, 0.29) is 5.56 Å². The Kier molecular flexibility index (Phi) is 4.34. The molecule has 0 aliphatic rings. The van der Waals surface area contributed by atoms with Gasteiger partial charge in [-0.25, -0.2) is 4.79 Å². The number of pyridine rings is 1. The van der Waals surface area contributed by atoms with Crippen molar-refractivity contribution in [2.24, 2.45) is 0 Å². The van der Waals surface area contributed by atoms with Crippen molar-refractivity contribution in [1.29, 1.82) is 0 Å². The van der Waals surface area contributed by atoms with Crippen LogP contribution in [0.25, 0.3) is 11.3 Å². The highest BCUT2D eigenvalue weighted by Gasteiger charge is 2.06.